The van der Waals surface area contributed by atoms with E-state index < -0.39 is 29.4 Å². The molecule has 262 valence electrons. The highest BCUT2D eigenvalue weighted by Gasteiger charge is 2.53. The molecular formula is C37H44ClFN4O5S. The molecule has 3 aromatic rings. The van der Waals surface area contributed by atoms with Crippen LogP contribution in [0, 0.1) is 5.82 Å². The second-order valence-corrected chi connectivity index (χ2v) is 15.1. The zero-order chi connectivity index (χ0) is 34.8. The number of unbranched alkanes of at least 4 members (excludes halogenated alkanes) is 3. The van der Waals surface area contributed by atoms with Gasteiger partial charge in [0.05, 0.1) is 11.2 Å². The zero-order valence-electron chi connectivity index (χ0n) is 28.3. The van der Waals surface area contributed by atoms with E-state index >= 15 is 4.39 Å². The van der Waals surface area contributed by atoms with E-state index in [4.69, 9.17) is 16.3 Å². The summed E-state index contributed by atoms with van der Waals surface area (Å²) in [6.45, 7) is 8.16. The first-order chi connectivity index (χ1) is 23.6. The number of halogens is 2. The molecule has 1 unspecified atom stereocenters. The highest BCUT2D eigenvalue weighted by Crippen LogP contribution is 2.46. The fraction of sp³-hybridized carbons (Fsp3) is 0.514. The van der Waals surface area contributed by atoms with Gasteiger partial charge in [-0.1, -0.05) is 69.8 Å². The molecule has 0 spiro atoms. The fourth-order valence-corrected chi connectivity index (χ4v) is 7.93. The number of amides is 2. The Morgan fingerprint density at radius 1 is 1.04 bits per heavy atom. The van der Waals surface area contributed by atoms with Crippen LogP contribution < -0.4 is 10.3 Å². The summed E-state index contributed by atoms with van der Waals surface area (Å²) in [7, 11) is 0. The van der Waals surface area contributed by atoms with Crippen molar-refractivity contribution in [3.8, 4) is 0 Å². The van der Waals surface area contributed by atoms with Crippen LogP contribution in [-0.4, -0.2) is 69.1 Å². The number of hydrogen-bond acceptors (Lipinski definition) is 7. The lowest BCUT2D eigenvalue weighted by molar-refractivity contribution is -0.155. The van der Waals surface area contributed by atoms with Crippen molar-refractivity contribution in [1.29, 1.82) is 0 Å². The minimum absolute atomic E-state index is 0.0544. The monoisotopic (exact) mass is 710 g/mol. The normalized spacial score (nSPS) is 20.0. The summed E-state index contributed by atoms with van der Waals surface area (Å²) in [5, 5.41) is 0.669. The Labute approximate surface area is 295 Å². The summed E-state index contributed by atoms with van der Waals surface area (Å²) in [5.41, 5.74) is 0.676. The smallest absolute Gasteiger partial charge is 0.344 e. The Kier molecular flexibility index (Phi) is 10.9. The Morgan fingerprint density at radius 2 is 1.78 bits per heavy atom. The van der Waals surface area contributed by atoms with Gasteiger partial charge >= 0.3 is 5.97 Å². The molecule has 49 heavy (non-hydrogen) atoms. The number of benzene rings is 2. The second kappa shape index (κ2) is 15.1. The molecule has 3 heterocycles. The molecule has 1 aromatic heterocycles. The van der Waals surface area contributed by atoms with Crippen LogP contribution in [0.1, 0.15) is 100 Å². The third-order valence-electron chi connectivity index (χ3n) is 9.80. The second-order valence-electron chi connectivity index (χ2n) is 13.3. The molecule has 3 aliphatic rings. The number of hydrogen-bond donors (Lipinski definition) is 0. The number of ether oxygens (including phenoxy) is 1. The first-order valence-electron chi connectivity index (χ1n) is 17.5. The van der Waals surface area contributed by atoms with Gasteiger partial charge in [-0.25, -0.2) is 9.18 Å². The van der Waals surface area contributed by atoms with Crippen molar-refractivity contribution in [3.05, 3.63) is 74.8 Å². The van der Waals surface area contributed by atoms with Crippen LogP contribution in [0.15, 0.2) is 47.4 Å². The zero-order valence-corrected chi connectivity index (χ0v) is 29.9. The molecule has 1 saturated carbocycles. The van der Waals surface area contributed by atoms with Gasteiger partial charge in [-0.15, -0.1) is 0 Å². The van der Waals surface area contributed by atoms with Crippen LogP contribution >= 0.6 is 23.5 Å². The largest absolute Gasteiger partial charge is 0.446 e. The van der Waals surface area contributed by atoms with E-state index in [0.717, 1.165) is 44.9 Å². The molecule has 3 fully saturated rings. The molecule has 3 atom stereocenters. The van der Waals surface area contributed by atoms with Crippen LogP contribution in [0.4, 0.5) is 10.1 Å². The van der Waals surface area contributed by atoms with Crippen LogP contribution in [0.2, 0.25) is 5.02 Å². The highest BCUT2D eigenvalue weighted by atomic mass is 35.5. The summed E-state index contributed by atoms with van der Waals surface area (Å²) in [6, 6.07) is 9.45. The molecule has 9 nitrogen and oxygen atoms in total. The van der Waals surface area contributed by atoms with Gasteiger partial charge in [0, 0.05) is 60.5 Å². The van der Waals surface area contributed by atoms with E-state index in [1.165, 1.54) is 24.2 Å². The molecule has 0 radical (unpaired) electrons. The highest BCUT2D eigenvalue weighted by molar-refractivity contribution is 7.98. The average molecular weight is 711 g/mol. The molecule has 2 amide bonds. The van der Waals surface area contributed by atoms with Gasteiger partial charge in [0.1, 0.15) is 17.4 Å². The number of pyridine rings is 1. The van der Waals surface area contributed by atoms with E-state index in [-0.39, 0.29) is 34.1 Å². The number of piperazine rings is 1. The summed E-state index contributed by atoms with van der Waals surface area (Å²) in [6.07, 6.45) is 7.60. The minimum atomic E-state index is -1.16. The molecule has 2 saturated heterocycles. The first-order valence-corrected chi connectivity index (χ1v) is 18.7. The van der Waals surface area contributed by atoms with Crippen molar-refractivity contribution in [1.82, 2.24) is 13.8 Å². The maximum Gasteiger partial charge on any atom is 0.344 e. The number of rotatable bonds is 13. The molecular weight excluding hydrogens is 667 g/mol. The summed E-state index contributed by atoms with van der Waals surface area (Å²) in [5.74, 6) is -1.73. The van der Waals surface area contributed by atoms with Crippen molar-refractivity contribution in [2.45, 2.75) is 95.6 Å². The van der Waals surface area contributed by atoms with Gasteiger partial charge in [0.15, 0.2) is 0 Å². The third-order valence-corrected chi connectivity index (χ3v) is 11.5. The lowest BCUT2D eigenvalue weighted by Gasteiger charge is -2.46. The van der Waals surface area contributed by atoms with Gasteiger partial charge in [-0.2, -0.15) is 0 Å². The number of β-lactam (4-membered cyclic amide) rings is 1. The maximum atomic E-state index is 15.8. The van der Waals surface area contributed by atoms with E-state index in [0.29, 0.717) is 54.4 Å². The van der Waals surface area contributed by atoms with Crippen molar-refractivity contribution in [2.24, 2.45) is 0 Å². The number of carbonyl (C=O) groups is 3. The van der Waals surface area contributed by atoms with Crippen molar-refractivity contribution in [3.63, 3.8) is 0 Å². The number of anilines is 1. The summed E-state index contributed by atoms with van der Waals surface area (Å²) < 4.78 is 25.0. The number of aromatic nitrogens is 1. The van der Waals surface area contributed by atoms with Crippen LogP contribution in [-0.2, 0) is 14.3 Å². The molecule has 0 N–H and O–H groups in total. The SMILES string of the molecule is CCCCCCC(=O)N1CCN(c2cc3c(cc2F)c(=O)c(C(=O)O[C@@H]2C(=O)N(SC(C)CC)[C@@H]2c2ccccc2Cl)cn3C2CC2)CC1. The Morgan fingerprint density at radius 3 is 2.45 bits per heavy atom. The van der Waals surface area contributed by atoms with Crippen LogP contribution in [0.5, 0.6) is 0 Å². The van der Waals surface area contributed by atoms with Gasteiger partial charge < -0.3 is 19.1 Å². The Balaban J connectivity index is 1.24. The van der Waals surface area contributed by atoms with Gasteiger partial charge in [-0.05, 0) is 61.4 Å². The Bertz CT molecular complexity index is 1790. The van der Waals surface area contributed by atoms with E-state index in [9.17, 15) is 19.2 Å². The standard InChI is InChI=1S/C37H44ClFN4O5S/c1-4-6-7-8-13-32(44)41-18-16-40(17-19-41)31-21-30-26(20-29(31)39)34(45)27(22-42(30)24-14-15-24)37(47)48-35-33(25-11-9-10-12-28(25)38)43(36(35)46)49-23(3)5-2/h9-12,20-24,33,35H,4-8,13-19H2,1-3H3/t23?,33-,35+/m1/s1. The lowest BCUT2D eigenvalue weighted by Crippen LogP contribution is -2.57. The predicted molar refractivity (Wildman–Crippen MR) is 192 cm³/mol. The third kappa shape index (κ3) is 7.33. The van der Waals surface area contributed by atoms with E-state index in [2.05, 4.69) is 6.92 Å². The van der Waals surface area contributed by atoms with Crippen LogP contribution in [0.3, 0.4) is 0 Å². The topological polar surface area (TPSA) is 92.2 Å². The van der Waals surface area contributed by atoms with E-state index in [1.807, 2.05) is 34.3 Å². The fourth-order valence-electron chi connectivity index (χ4n) is 6.58. The quantitative estimate of drug-likeness (QED) is 0.0796. The van der Waals surface area contributed by atoms with Crippen molar-refractivity contribution in [2.75, 3.05) is 31.1 Å². The van der Waals surface area contributed by atoms with Gasteiger partial charge in [0.2, 0.25) is 17.4 Å². The maximum absolute atomic E-state index is 15.8. The first kappa shape index (κ1) is 35.3. The number of nitrogens with zero attached hydrogens (tertiary/aromatic N) is 4. The van der Waals surface area contributed by atoms with E-state index in [1.54, 1.807) is 28.6 Å². The minimum Gasteiger partial charge on any atom is -0.446 e. The molecule has 6 rings (SSSR count). The predicted octanol–water partition coefficient (Wildman–Crippen LogP) is 7.30. The molecule has 2 aromatic carbocycles. The molecule has 0 bridgehead atoms. The van der Waals surface area contributed by atoms with Crippen molar-refractivity contribution < 1.29 is 23.5 Å². The Hall–Kier alpha value is -3.57. The summed E-state index contributed by atoms with van der Waals surface area (Å²) in [4.78, 5) is 57.3. The molecule has 2 aliphatic heterocycles. The molecule has 12 heteroatoms. The van der Waals surface area contributed by atoms with Crippen LogP contribution in [0.25, 0.3) is 10.9 Å². The lowest BCUT2D eigenvalue weighted by atomic mass is 9.93. The van der Waals surface area contributed by atoms with Crippen molar-refractivity contribution >= 4 is 57.9 Å². The molecule has 1 aliphatic carbocycles. The van der Waals surface area contributed by atoms with Gasteiger partial charge in [-0.3, -0.25) is 18.7 Å². The number of esters is 1. The average Bonchev–Trinajstić information content (AvgIpc) is 3.95. The number of carbonyl (C=O) groups excluding carboxylic acids is 3. The number of fused-ring (bicyclic) bond motifs is 1. The summed E-state index contributed by atoms with van der Waals surface area (Å²) >= 11 is 7.90. The van der Waals surface area contributed by atoms with Gasteiger partial charge in [0.25, 0.3) is 5.91 Å².